The largest absolute Gasteiger partial charge is 0.462 e. The van der Waals surface area contributed by atoms with Crippen LogP contribution >= 0.6 is 0 Å². The van der Waals surface area contributed by atoms with Gasteiger partial charge in [-0.3, -0.25) is 14.4 Å². The third-order valence-electron chi connectivity index (χ3n) is 8.43. The summed E-state index contributed by atoms with van der Waals surface area (Å²) in [6, 6.07) is 0. The van der Waals surface area contributed by atoms with E-state index in [-0.39, 0.29) is 40.6 Å². The topological polar surface area (TPSA) is 69.7 Å². The second-order valence-electron chi connectivity index (χ2n) is 9.94. The minimum Gasteiger partial charge on any atom is -0.462 e. The van der Waals surface area contributed by atoms with Crippen LogP contribution < -0.4 is 0 Å². The Morgan fingerprint density at radius 3 is 2.39 bits per heavy atom. The molecule has 0 saturated heterocycles. The molecule has 0 N–H and O–H groups in total. The van der Waals surface area contributed by atoms with Gasteiger partial charge in [0.2, 0.25) is 0 Å². The lowest BCUT2D eigenvalue weighted by atomic mass is 9.48. The molecule has 3 fully saturated rings. The van der Waals surface area contributed by atoms with Crippen molar-refractivity contribution in [1.82, 2.24) is 0 Å². The van der Waals surface area contributed by atoms with Crippen LogP contribution in [0.2, 0.25) is 0 Å². The number of ether oxygens (including phenoxy) is 2. The highest BCUT2D eigenvalue weighted by Gasteiger charge is 2.62. The fourth-order valence-corrected chi connectivity index (χ4v) is 7.08. The summed E-state index contributed by atoms with van der Waals surface area (Å²) in [6.07, 6.45) is 8.08. The summed E-state index contributed by atoms with van der Waals surface area (Å²) in [4.78, 5) is 35.7. The summed E-state index contributed by atoms with van der Waals surface area (Å²) in [5, 5.41) is 0. The van der Waals surface area contributed by atoms with Crippen molar-refractivity contribution in [3.05, 3.63) is 11.6 Å². The van der Waals surface area contributed by atoms with Crippen molar-refractivity contribution in [2.75, 3.05) is 0 Å². The zero-order valence-corrected chi connectivity index (χ0v) is 17.5. The molecule has 0 aromatic carbocycles. The number of hydrogen-bond acceptors (Lipinski definition) is 5. The fourth-order valence-electron chi connectivity index (χ4n) is 7.08. The Bertz CT molecular complexity index is 739. The number of Topliss-reactive ketones (excluding diaryl/α,β-unsaturated/α-hetero) is 1. The molecule has 4 aliphatic carbocycles. The lowest BCUT2D eigenvalue weighted by molar-refractivity contribution is -0.161. The summed E-state index contributed by atoms with van der Waals surface area (Å²) < 4.78 is 11.0. The Morgan fingerprint density at radius 1 is 1.00 bits per heavy atom. The predicted molar refractivity (Wildman–Crippen MR) is 103 cm³/mol. The van der Waals surface area contributed by atoms with E-state index in [1.807, 2.05) is 0 Å². The van der Waals surface area contributed by atoms with Crippen LogP contribution in [-0.4, -0.2) is 29.9 Å². The van der Waals surface area contributed by atoms with Crippen LogP contribution in [0, 0.1) is 28.6 Å². The first-order valence-electron chi connectivity index (χ1n) is 10.7. The Hall–Kier alpha value is -1.65. The average Bonchev–Trinajstić information content (AvgIpc) is 2.85. The van der Waals surface area contributed by atoms with Crippen LogP contribution in [0.4, 0.5) is 0 Å². The third-order valence-corrected chi connectivity index (χ3v) is 8.43. The molecule has 28 heavy (non-hydrogen) atoms. The molecule has 154 valence electrons. The molecule has 0 spiro atoms. The van der Waals surface area contributed by atoms with Crippen LogP contribution in [0.15, 0.2) is 11.6 Å². The Morgan fingerprint density at radius 2 is 1.71 bits per heavy atom. The van der Waals surface area contributed by atoms with Crippen LogP contribution in [0.1, 0.15) is 72.6 Å². The monoisotopic (exact) mass is 388 g/mol. The predicted octanol–water partition coefficient (Wildman–Crippen LogP) is 3.99. The molecule has 5 heteroatoms. The van der Waals surface area contributed by atoms with Gasteiger partial charge in [-0.05, 0) is 55.3 Å². The van der Waals surface area contributed by atoms with Gasteiger partial charge in [0.15, 0.2) is 11.9 Å². The van der Waals surface area contributed by atoms with Crippen molar-refractivity contribution < 1.29 is 23.9 Å². The average molecular weight is 389 g/mol. The molecule has 4 aliphatic rings. The van der Waals surface area contributed by atoms with Gasteiger partial charge in [0, 0.05) is 32.1 Å². The van der Waals surface area contributed by atoms with Gasteiger partial charge in [-0.2, -0.15) is 0 Å². The molecule has 0 radical (unpaired) electrons. The van der Waals surface area contributed by atoms with Crippen LogP contribution in [0.25, 0.3) is 0 Å². The van der Waals surface area contributed by atoms with Crippen molar-refractivity contribution in [2.24, 2.45) is 28.6 Å². The Labute approximate surface area is 167 Å². The van der Waals surface area contributed by atoms with E-state index in [4.69, 9.17) is 9.47 Å². The van der Waals surface area contributed by atoms with E-state index in [0.717, 1.165) is 38.5 Å². The lowest BCUT2D eigenvalue weighted by Crippen LogP contribution is -2.52. The second kappa shape index (κ2) is 6.70. The molecule has 7 atom stereocenters. The Balaban J connectivity index is 1.59. The van der Waals surface area contributed by atoms with Crippen LogP contribution in [-0.2, 0) is 23.9 Å². The minimum atomic E-state index is -0.575. The quantitative estimate of drug-likeness (QED) is 0.528. The smallest absolute Gasteiger partial charge is 0.303 e. The second-order valence-corrected chi connectivity index (χ2v) is 9.94. The van der Waals surface area contributed by atoms with E-state index >= 15 is 0 Å². The molecule has 0 amide bonds. The number of fused-ring (bicyclic) bond motifs is 5. The molecule has 0 aromatic rings. The van der Waals surface area contributed by atoms with Crippen molar-refractivity contribution in [3.63, 3.8) is 0 Å². The van der Waals surface area contributed by atoms with E-state index in [0.29, 0.717) is 18.3 Å². The maximum Gasteiger partial charge on any atom is 0.303 e. The number of rotatable bonds is 2. The van der Waals surface area contributed by atoms with Crippen molar-refractivity contribution in [3.8, 4) is 0 Å². The lowest BCUT2D eigenvalue weighted by Gasteiger charge is -2.57. The molecular weight excluding hydrogens is 356 g/mol. The zero-order valence-electron chi connectivity index (χ0n) is 17.5. The van der Waals surface area contributed by atoms with E-state index < -0.39 is 6.10 Å². The van der Waals surface area contributed by atoms with Gasteiger partial charge >= 0.3 is 11.9 Å². The van der Waals surface area contributed by atoms with Crippen molar-refractivity contribution >= 4 is 17.7 Å². The molecule has 4 rings (SSSR count). The first-order valence-corrected chi connectivity index (χ1v) is 10.7. The van der Waals surface area contributed by atoms with E-state index in [1.54, 1.807) is 0 Å². The van der Waals surface area contributed by atoms with Gasteiger partial charge < -0.3 is 9.47 Å². The summed E-state index contributed by atoms with van der Waals surface area (Å²) in [6.45, 7) is 7.42. The summed E-state index contributed by atoms with van der Waals surface area (Å²) in [7, 11) is 0. The number of carbonyl (C=O) groups is 3. The van der Waals surface area contributed by atoms with Gasteiger partial charge in [0.25, 0.3) is 0 Å². The first kappa shape index (κ1) is 19.7. The molecule has 5 nitrogen and oxygen atoms in total. The molecule has 0 heterocycles. The molecule has 7 unspecified atom stereocenters. The first-order chi connectivity index (χ1) is 13.1. The van der Waals surface area contributed by atoms with Gasteiger partial charge in [-0.1, -0.05) is 25.5 Å². The molecule has 3 saturated carbocycles. The highest BCUT2D eigenvalue weighted by Crippen LogP contribution is 2.64. The zero-order chi connectivity index (χ0) is 20.3. The third kappa shape index (κ3) is 2.93. The van der Waals surface area contributed by atoms with Gasteiger partial charge in [-0.25, -0.2) is 0 Å². The van der Waals surface area contributed by atoms with Gasteiger partial charge in [-0.15, -0.1) is 0 Å². The maximum absolute atomic E-state index is 12.7. The van der Waals surface area contributed by atoms with Gasteiger partial charge in [0.05, 0.1) is 0 Å². The summed E-state index contributed by atoms with van der Waals surface area (Å²) >= 11 is 0. The highest BCUT2D eigenvalue weighted by atomic mass is 16.5. The number of hydrogen-bond donors (Lipinski definition) is 0. The van der Waals surface area contributed by atoms with Crippen molar-refractivity contribution in [2.45, 2.75) is 84.8 Å². The summed E-state index contributed by atoms with van der Waals surface area (Å²) in [5.41, 5.74) is 1.33. The summed E-state index contributed by atoms with van der Waals surface area (Å²) in [5.74, 6) is 0.835. The number of ketones is 1. The minimum absolute atomic E-state index is 0.00337. The SMILES string of the molecule is CC(=O)OC1CCC2(C)C(=CCC3C2CCC2(C)C(OC(C)=O)C(=O)CC32)C1. The highest BCUT2D eigenvalue weighted by molar-refractivity contribution is 5.89. The Kier molecular flexibility index (Phi) is 4.71. The number of esters is 2. The van der Waals surface area contributed by atoms with Crippen LogP contribution in [0.5, 0.6) is 0 Å². The molecule has 0 aromatic heterocycles. The normalized spacial score (nSPS) is 44.6. The van der Waals surface area contributed by atoms with Crippen molar-refractivity contribution in [1.29, 1.82) is 0 Å². The number of carbonyl (C=O) groups excluding carboxylic acids is 3. The van der Waals surface area contributed by atoms with E-state index in [9.17, 15) is 14.4 Å². The standard InChI is InChI=1S/C23H32O5/c1-13(24)27-16-7-9-22(3)15(11-16)5-6-17-18(22)8-10-23(4)19(17)12-20(26)21(23)28-14(2)25/h5,16-19,21H,6-12H2,1-4H3. The number of allylic oxidation sites excluding steroid dienone is 1. The maximum atomic E-state index is 12.7. The van der Waals surface area contributed by atoms with E-state index in [2.05, 4.69) is 19.9 Å². The molecule has 0 bridgehead atoms. The molecule has 0 aliphatic heterocycles. The van der Waals surface area contributed by atoms with E-state index in [1.165, 1.54) is 19.4 Å². The fraction of sp³-hybridized carbons (Fsp3) is 0.783. The van der Waals surface area contributed by atoms with Crippen LogP contribution in [0.3, 0.4) is 0 Å². The van der Waals surface area contributed by atoms with Gasteiger partial charge in [0.1, 0.15) is 6.10 Å². The molecular formula is C23H32O5.